The Labute approximate surface area is 227 Å². The van der Waals surface area contributed by atoms with Crippen molar-refractivity contribution < 1.29 is 29.4 Å². The molecule has 0 saturated carbocycles. The first-order chi connectivity index (χ1) is 14.3. The van der Waals surface area contributed by atoms with Crippen molar-refractivity contribution in [2.24, 2.45) is 0 Å². The topological polar surface area (TPSA) is 138 Å². The fourth-order valence-corrected chi connectivity index (χ4v) is 2.56. The van der Waals surface area contributed by atoms with E-state index in [2.05, 4.69) is 24.5 Å². The van der Waals surface area contributed by atoms with Gasteiger partial charge >= 0.3 is 48.9 Å². The molecule has 0 bridgehead atoms. The summed E-state index contributed by atoms with van der Waals surface area (Å²) in [5.41, 5.74) is 0. The molecule has 8 nitrogen and oxygen atoms in total. The van der Waals surface area contributed by atoms with E-state index in [-0.39, 0.29) is 86.6 Å². The second kappa shape index (κ2) is 27.5. The molecule has 9 heteroatoms. The molecular weight excluding hydrogens is 526 g/mol. The van der Waals surface area contributed by atoms with E-state index in [1.54, 1.807) is 0 Å². The van der Waals surface area contributed by atoms with Crippen molar-refractivity contribution in [3.63, 3.8) is 0 Å². The fraction of sp³-hybridized carbons (Fsp3) is 0.818. The molecule has 0 radical (unpaired) electrons. The van der Waals surface area contributed by atoms with Gasteiger partial charge in [-0.2, -0.15) is 0 Å². The molecule has 0 spiro atoms. The first-order valence-electron chi connectivity index (χ1n) is 11.3. The monoisotopic (exact) mass is 566 g/mol. The predicted octanol–water partition coefficient (Wildman–Crippen LogP) is 0.825. The molecule has 0 aromatic carbocycles. The van der Waals surface area contributed by atoms with Gasteiger partial charge in [-0.3, -0.25) is 9.59 Å². The van der Waals surface area contributed by atoms with Crippen molar-refractivity contribution in [2.75, 3.05) is 13.1 Å². The van der Waals surface area contributed by atoms with Gasteiger partial charge in [0.25, 0.3) is 0 Å². The molecule has 0 aliphatic carbocycles. The normalized spacial score (nSPS) is 9.61. The number of carboxylic acids is 2. The molecule has 0 atom stereocenters. The number of nitrogens with one attached hydrogen (secondary N) is 2. The van der Waals surface area contributed by atoms with Gasteiger partial charge < -0.3 is 30.4 Å². The summed E-state index contributed by atoms with van der Waals surface area (Å²) in [6.07, 6.45) is 11.8. The Morgan fingerprint density at radius 1 is 0.548 bits per heavy atom. The Balaban J connectivity index is -0.000000490. The van der Waals surface area contributed by atoms with Gasteiger partial charge in [-0.05, 0) is 12.8 Å². The number of aliphatic carboxylic acids is 2. The van der Waals surface area contributed by atoms with E-state index in [4.69, 9.17) is 0 Å². The molecule has 176 valence electrons. The number of carboxylic acid groups (broad SMARTS) is 2. The van der Waals surface area contributed by atoms with E-state index < -0.39 is 11.9 Å². The summed E-state index contributed by atoms with van der Waals surface area (Å²) >= 11 is 0. The van der Waals surface area contributed by atoms with E-state index in [1.165, 1.54) is 38.5 Å². The Morgan fingerprint density at radius 2 is 0.871 bits per heavy atom. The van der Waals surface area contributed by atoms with Gasteiger partial charge in [-0.15, -0.1) is 0 Å². The largest absolute Gasteiger partial charge is 2.00 e. The van der Waals surface area contributed by atoms with Crippen molar-refractivity contribution in [1.29, 1.82) is 0 Å². The van der Waals surface area contributed by atoms with Crippen LogP contribution in [0, 0.1) is 0 Å². The van der Waals surface area contributed by atoms with E-state index in [0.29, 0.717) is 12.8 Å². The van der Waals surface area contributed by atoms with Crippen molar-refractivity contribution in [3.05, 3.63) is 0 Å². The average molecular weight is 566 g/mol. The maximum absolute atomic E-state index is 11.1. The summed E-state index contributed by atoms with van der Waals surface area (Å²) < 4.78 is 0. The first-order valence-corrected chi connectivity index (χ1v) is 11.3. The zero-order valence-electron chi connectivity index (χ0n) is 19.5. The minimum atomic E-state index is -1.13. The molecule has 0 aromatic rings. The Hall–Kier alpha value is -0.549. The zero-order valence-corrected chi connectivity index (χ0v) is 23.9. The molecule has 0 aromatic heterocycles. The zero-order chi connectivity index (χ0) is 23.0. The molecule has 0 heterocycles. The smallest absolute Gasteiger partial charge is 0.550 e. The van der Waals surface area contributed by atoms with Crippen molar-refractivity contribution in [2.45, 2.75) is 104 Å². The van der Waals surface area contributed by atoms with Crippen LogP contribution >= 0.6 is 0 Å². The van der Waals surface area contributed by atoms with E-state index >= 15 is 0 Å². The van der Waals surface area contributed by atoms with E-state index in [1.807, 2.05) is 0 Å². The summed E-state index contributed by atoms with van der Waals surface area (Å²) in [6, 6.07) is 0. The maximum Gasteiger partial charge on any atom is 2.00 e. The van der Waals surface area contributed by atoms with Crippen LogP contribution in [-0.2, 0) is 19.2 Å². The summed E-state index contributed by atoms with van der Waals surface area (Å²) in [5, 5.41) is 25.2. The summed E-state index contributed by atoms with van der Waals surface area (Å²) in [6.45, 7) is 4.64. The minimum Gasteiger partial charge on any atom is -0.550 e. The van der Waals surface area contributed by atoms with Crippen LogP contribution in [0.15, 0.2) is 0 Å². The van der Waals surface area contributed by atoms with Crippen LogP contribution in [-0.4, -0.2) is 85.7 Å². The summed E-state index contributed by atoms with van der Waals surface area (Å²) in [4.78, 5) is 42.4. The van der Waals surface area contributed by atoms with Gasteiger partial charge in [0, 0.05) is 50.7 Å². The Bertz CT molecular complexity index is 433. The molecule has 0 fully saturated rings. The summed E-state index contributed by atoms with van der Waals surface area (Å²) in [5.74, 6) is -2.38. The van der Waals surface area contributed by atoms with Crippen LogP contribution in [0.5, 0.6) is 0 Å². The third kappa shape index (κ3) is 34.3. The molecule has 31 heavy (non-hydrogen) atoms. The van der Waals surface area contributed by atoms with E-state index in [0.717, 1.165) is 25.7 Å². The fourth-order valence-electron chi connectivity index (χ4n) is 2.56. The molecule has 0 rings (SSSR count). The molecule has 0 unspecified atom stereocenters. The molecule has 2 N–H and O–H groups in total. The Morgan fingerprint density at radius 3 is 1.16 bits per heavy atom. The maximum atomic E-state index is 11.1. The first kappa shape index (κ1) is 35.1. The molecular formula is C22H40BaN2O6. The second-order valence-electron chi connectivity index (χ2n) is 7.27. The minimum absolute atomic E-state index is 0. The molecule has 0 aliphatic heterocycles. The van der Waals surface area contributed by atoms with Crippen molar-refractivity contribution in [3.8, 4) is 0 Å². The van der Waals surface area contributed by atoms with E-state index in [9.17, 15) is 29.4 Å². The summed E-state index contributed by atoms with van der Waals surface area (Å²) in [7, 11) is 0. The van der Waals surface area contributed by atoms with Crippen LogP contribution < -0.4 is 20.8 Å². The van der Waals surface area contributed by atoms with Crippen LogP contribution in [0.25, 0.3) is 0 Å². The van der Waals surface area contributed by atoms with Gasteiger partial charge in [0.1, 0.15) is 0 Å². The van der Waals surface area contributed by atoms with Crippen molar-refractivity contribution >= 4 is 72.6 Å². The van der Waals surface area contributed by atoms with Gasteiger partial charge in [0.05, 0.1) is 0 Å². The predicted molar refractivity (Wildman–Crippen MR) is 118 cm³/mol. The molecule has 2 amide bonds. The quantitative estimate of drug-likeness (QED) is 0.186. The number of unbranched alkanes of at least 4 members (excludes halogenated alkanes) is 8. The number of hydrogen-bond acceptors (Lipinski definition) is 6. The van der Waals surface area contributed by atoms with Crippen molar-refractivity contribution in [1.82, 2.24) is 10.6 Å². The Kier molecular flexibility index (Phi) is 31.1. The van der Waals surface area contributed by atoms with Gasteiger partial charge in [0.15, 0.2) is 0 Å². The van der Waals surface area contributed by atoms with Crippen LogP contribution in [0.4, 0.5) is 0 Å². The number of carbonyl (C=O) groups is 4. The van der Waals surface area contributed by atoms with Crippen LogP contribution in [0.1, 0.15) is 104 Å². The molecule has 0 aliphatic rings. The van der Waals surface area contributed by atoms with Crippen LogP contribution in [0.3, 0.4) is 0 Å². The van der Waals surface area contributed by atoms with Gasteiger partial charge in [-0.25, -0.2) is 0 Å². The third-order valence-corrected chi connectivity index (χ3v) is 4.32. The number of amides is 2. The third-order valence-electron chi connectivity index (χ3n) is 4.32. The standard InChI is InChI=1S/2C11H21NO3.Ba/c2*1-2-3-4-5-6-7-10(13)12-9-8-11(14)15;/h2*2-9H2,1H3,(H,12,13)(H,14,15);/q;;+2/p-2. The number of hydrogen-bond donors (Lipinski definition) is 2. The SMILES string of the molecule is CCCCCCCC(=O)NCCC(=O)[O-].CCCCCCCC(=O)NCCC(=O)[O-].[Ba+2]. The average Bonchev–Trinajstić information content (AvgIpc) is 2.67. The van der Waals surface area contributed by atoms with Gasteiger partial charge in [-0.1, -0.05) is 65.2 Å². The second-order valence-corrected chi connectivity index (χ2v) is 7.27. The van der Waals surface area contributed by atoms with Crippen LogP contribution in [0.2, 0.25) is 0 Å². The number of carbonyl (C=O) groups excluding carboxylic acids is 4. The van der Waals surface area contributed by atoms with Gasteiger partial charge in [0.2, 0.25) is 11.8 Å². The number of rotatable bonds is 18. The molecule has 0 saturated heterocycles.